The summed E-state index contributed by atoms with van der Waals surface area (Å²) in [4.78, 5) is 18.0. The number of methoxy groups -OCH3 is 1. The molecule has 6 nitrogen and oxygen atoms in total. The van der Waals surface area contributed by atoms with E-state index in [-0.39, 0.29) is 18.5 Å². The van der Waals surface area contributed by atoms with E-state index in [1.807, 2.05) is 29.6 Å². The monoisotopic (exact) mass is 370 g/mol. The Morgan fingerprint density at radius 3 is 3.08 bits per heavy atom. The number of fused-ring (bicyclic) bond motifs is 1. The highest BCUT2D eigenvalue weighted by molar-refractivity contribution is 7.10. The Morgan fingerprint density at radius 1 is 1.31 bits per heavy atom. The number of aryl methyl sites for hydroxylation is 1. The Labute approximate surface area is 154 Å². The van der Waals surface area contributed by atoms with Crippen molar-refractivity contribution in [2.24, 2.45) is 0 Å². The van der Waals surface area contributed by atoms with Crippen LogP contribution in [0.2, 0.25) is 0 Å². The maximum Gasteiger partial charge on any atom is 0.339 e. The van der Waals surface area contributed by atoms with E-state index in [4.69, 9.17) is 14.0 Å². The second kappa shape index (κ2) is 7.29. The number of rotatable bonds is 5. The molecule has 134 valence electrons. The molecule has 0 saturated heterocycles. The SMILES string of the molecule is COc1cccc(-c2noc(COC(=O)c3csc4c3CCCC4)n2)c1. The maximum atomic E-state index is 12.4. The number of benzene rings is 1. The molecule has 2 heterocycles. The van der Waals surface area contributed by atoms with Crippen LogP contribution in [0.25, 0.3) is 11.4 Å². The van der Waals surface area contributed by atoms with Gasteiger partial charge in [-0.3, -0.25) is 0 Å². The van der Waals surface area contributed by atoms with Gasteiger partial charge >= 0.3 is 5.97 Å². The van der Waals surface area contributed by atoms with Gasteiger partial charge in [0, 0.05) is 15.8 Å². The quantitative estimate of drug-likeness (QED) is 0.631. The predicted molar refractivity (Wildman–Crippen MR) is 96.4 cm³/mol. The van der Waals surface area contributed by atoms with Crippen molar-refractivity contribution in [3.05, 3.63) is 51.5 Å². The molecule has 1 aliphatic carbocycles. The highest BCUT2D eigenvalue weighted by atomic mass is 32.1. The number of carbonyl (C=O) groups is 1. The zero-order chi connectivity index (χ0) is 17.9. The minimum Gasteiger partial charge on any atom is -0.497 e. The minimum atomic E-state index is -0.328. The highest BCUT2D eigenvalue weighted by Gasteiger charge is 2.21. The smallest absolute Gasteiger partial charge is 0.339 e. The van der Waals surface area contributed by atoms with Crippen LogP contribution in [-0.2, 0) is 24.2 Å². The molecule has 26 heavy (non-hydrogen) atoms. The number of thiophene rings is 1. The molecule has 0 radical (unpaired) electrons. The van der Waals surface area contributed by atoms with Gasteiger partial charge in [-0.05, 0) is 43.4 Å². The number of aromatic nitrogens is 2. The van der Waals surface area contributed by atoms with E-state index in [9.17, 15) is 4.79 Å². The number of carbonyl (C=O) groups excluding carboxylic acids is 1. The molecular formula is C19H18N2O4S. The predicted octanol–water partition coefficient (Wildman–Crippen LogP) is 4.04. The molecule has 3 aromatic rings. The zero-order valence-corrected chi connectivity index (χ0v) is 15.2. The Hall–Kier alpha value is -2.67. The largest absolute Gasteiger partial charge is 0.497 e. The molecule has 1 aromatic carbocycles. The second-order valence-corrected chi connectivity index (χ2v) is 7.04. The van der Waals surface area contributed by atoms with Crippen LogP contribution in [-0.4, -0.2) is 23.2 Å². The molecule has 0 bridgehead atoms. The molecule has 0 unspecified atom stereocenters. The van der Waals surface area contributed by atoms with Crippen molar-refractivity contribution in [3.8, 4) is 17.1 Å². The van der Waals surface area contributed by atoms with Crippen LogP contribution in [0.1, 0.15) is 39.5 Å². The maximum absolute atomic E-state index is 12.4. The topological polar surface area (TPSA) is 74.5 Å². The summed E-state index contributed by atoms with van der Waals surface area (Å²) in [5, 5.41) is 5.84. The van der Waals surface area contributed by atoms with Gasteiger partial charge in [-0.25, -0.2) is 4.79 Å². The average molecular weight is 370 g/mol. The van der Waals surface area contributed by atoms with Gasteiger partial charge in [0.1, 0.15) is 5.75 Å². The molecule has 0 atom stereocenters. The number of hydrogen-bond donors (Lipinski definition) is 0. The van der Waals surface area contributed by atoms with Crippen LogP contribution in [0.5, 0.6) is 5.75 Å². The third kappa shape index (κ3) is 3.35. The van der Waals surface area contributed by atoms with Gasteiger partial charge in [0.2, 0.25) is 5.82 Å². The van der Waals surface area contributed by atoms with Crippen molar-refractivity contribution in [1.29, 1.82) is 0 Å². The van der Waals surface area contributed by atoms with E-state index in [0.29, 0.717) is 17.1 Å². The fourth-order valence-corrected chi connectivity index (χ4v) is 4.18. The van der Waals surface area contributed by atoms with Gasteiger partial charge in [0.15, 0.2) is 6.61 Å². The molecular weight excluding hydrogens is 352 g/mol. The molecule has 0 fully saturated rings. The first-order valence-corrected chi connectivity index (χ1v) is 9.36. The van der Waals surface area contributed by atoms with E-state index >= 15 is 0 Å². The number of esters is 1. The van der Waals surface area contributed by atoms with Crippen molar-refractivity contribution in [3.63, 3.8) is 0 Å². The molecule has 0 N–H and O–H groups in total. The summed E-state index contributed by atoms with van der Waals surface area (Å²) >= 11 is 1.64. The summed E-state index contributed by atoms with van der Waals surface area (Å²) in [5.74, 6) is 1.08. The third-order valence-electron chi connectivity index (χ3n) is 4.40. The van der Waals surface area contributed by atoms with Crippen LogP contribution >= 0.6 is 11.3 Å². The summed E-state index contributed by atoms with van der Waals surface area (Å²) < 4.78 is 15.8. The molecule has 1 aliphatic rings. The molecule has 0 spiro atoms. The van der Waals surface area contributed by atoms with Gasteiger partial charge in [-0.15, -0.1) is 11.3 Å². The Kier molecular flexibility index (Phi) is 4.71. The first-order chi connectivity index (χ1) is 12.7. The van der Waals surface area contributed by atoms with Crippen molar-refractivity contribution in [2.45, 2.75) is 32.3 Å². The van der Waals surface area contributed by atoms with E-state index in [0.717, 1.165) is 30.4 Å². The molecule has 7 heteroatoms. The van der Waals surface area contributed by atoms with Gasteiger partial charge in [-0.1, -0.05) is 17.3 Å². The van der Waals surface area contributed by atoms with E-state index in [1.165, 1.54) is 11.3 Å². The lowest BCUT2D eigenvalue weighted by Gasteiger charge is -2.11. The van der Waals surface area contributed by atoms with Crippen molar-refractivity contribution in [2.75, 3.05) is 7.11 Å². The minimum absolute atomic E-state index is 0.0412. The van der Waals surface area contributed by atoms with Crippen LogP contribution in [0.4, 0.5) is 0 Å². The van der Waals surface area contributed by atoms with Crippen molar-refractivity contribution < 1.29 is 18.8 Å². The summed E-state index contributed by atoms with van der Waals surface area (Å²) in [6, 6.07) is 7.37. The first kappa shape index (κ1) is 16.8. The van der Waals surface area contributed by atoms with Crippen LogP contribution in [0, 0.1) is 0 Å². The van der Waals surface area contributed by atoms with Gasteiger partial charge in [0.05, 0.1) is 12.7 Å². The van der Waals surface area contributed by atoms with E-state index in [2.05, 4.69) is 10.1 Å². The fourth-order valence-electron chi connectivity index (χ4n) is 3.06. The Bertz CT molecular complexity index is 931. The average Bonchev–Trinajstić information content (AvgIpc) is 3.33. The summed E-state index contributed by atoms with van der Waals surface area (Å²) in [6.45, 7) is -0.0412. The van der Waals surface area contributed by atoms with Gasteiger partial charge < -0.3 is 14.0 Å². The summed E-state index contributed by atoms with van der Waals surface area (Å²) in [5.41, 5.74) is 2.60. The van der Waals surface area contributed by atoms with Crippen LogP contribution in [0.3, 0.4) is 0 Å². The van der Waals surface area contributed by atoms with E-state index < -0.39 is 0 Å². The lowest BCUT2D eigenvalue weighted by molar-refractivity contribution is 0.0429. The number of ether oxygens (including phenoxy) is 2. The van der Waals surface area contributed by atoms with Crippen molar-refractivity contribution >= 4 is 17.3 Å². The summed E-state index contributed by atoms with van der Waals surface area (Å²) in [7, 11) is 1.60. The first-order valence-electron chi connectivity index (χ1n) is 8.48. The third-order valence-corrected chi connectivity index (χ3v) is 5.49. The van der Waals surface area contributed by atoms with Crippen molar-refractivity contribution in [1.82, 2.24) is 10.1 Å². The molecule has 4 rings (SSSR count). The lowest BCUT2D eigenvalue weighted by Crippen LogP contribution is -2.09. The van der Waals surface area contributed by atoms with E-state index in [1.54, 1.807) is 18.4 Å². The molecule has 2 aromatic heterocycles. The molecule has 0 amide bonds. The Morgan fingerprint density at radius 2 is 2.19 bits per heavy atom. The van der Waals surface area contributed by atoms with Gasteiger partial charge in [0.25, 0.3) is 5.89 Å². The second-order valence-electron chi connectivity index (χ2n) is 6.08. The van der Waals surface area contributed by atoms with Crippen LogP contribution < -0.4 is 4.74 Å². The zero-order valence-electron chi connectivity index (χ0n) is 14.4. The normalized spacial score (nSPS) is 13.3. The molecule has 0 saturated carbocycles. The van der Waals surface area contributed by atoms with Gasteiger partial charge in [-0.2, -0.15) is 4.98 Å². The Balaban J connectivity index is 1.43. The highest BCUT2D eigenvalue weighted by Crippen LogP contribution is 2.30. The summed E-state index contributed by atoms with van der Waals surface area (Å²) in [6.07, 6.45) is 4.32. The van der Waals surface area contributed by atoms with Crippen LogP contribution in [0.15, 0.2) is 34.2 Å². The molecule has 0 aliphatic heterocycles. The fraction of sp³-hybridized carbons (Fsp3) is 0.316. The number of hydrogen-bond acceptors (Lipinski definition) is 7. The standard InChI is InChI=1S/C19H18N2O4S/c1-23-13-6-4-5-12(9-13)18-20-17(25-21-18)10-24-19(22)15-11-26-16-8-3-2-7-14(15)16/h4-6,9,11H,2-3,7-8,10H2,1H3. The number of nitrogens with zero attached hydrogens (tertiary/aromatic N) is 2. The lowest BCUT2D eigenvalue weighted by atomic mass is 9.96.